The van der Waals surface area contributed by atoms with E-state index in [4.69, 9.17) is 0 Å². The first-order valence-electron chi connectivity index (χ1n) is 4.28. The van der Waals surface area contributed by atoms with Gasteiger partial charge >= 0.3 is 0 Å². The summed E-state index contributed by atoms with van der Waals surface area (Å²) in [7, 11) is 0. The van der Waals surface area contributed by atoms with Crippen LogP contribution in [0.4, 0.5) is 0 Å². The fourth-order valence-corrected chi connectivity index (χ4v) is 0.989. The normalized spacial score (nSPS) is 11.5. The van der Waals surface area contributed by atoms with Crippen molar-refractivity contribution < 1.29 is 10.2 Å². The highest BCUT2D eigenvalue weighted by molar-refractivity contribution is 4.88. The van der Waals surface area contributed by atoms with Crippen molar-refractivity contribution in [1.82, 2.24) is 0 Å². The Labute approximate surface area is 69.2 Å². The van der Waals surface area contributed by atoms with Crippen LogP contribution in [0, 0.1) is 12.2 Å². The average Bonchev–Trinajstić information content (AvgIpc) is 1.87. The van der Waals surface area contributed by atoms with Crippen LogP contribution in [0.2, 0.25) is 0 Å². The molecule has 0 saturated heterocycles. The first-order chi connectivity index (χ1) is 5.20. The maximum absolute atomic E-state index is 9.18. The van der Waals surface area contributed by atoms with Gasteiger partial charge in [0.1, 0.15) is 0 Å². The van der Waals surface area contributed by atoms with Crippen molar-refractivity contribution in [3.63, 3.8) is 0 Å². The molecule has 0 aromatic rings. The molecule has 0 aromatic carbocycles. The highest BCUT2D eigenvalue weighted by Crippen LogP contribution is 2.19. The summed E-state index contributed by atoms with van der Waals surface area (Å²) in [5.74, 6) is 0. The second kappa shape index (κ2) is 6.62. The molecule has 11 heavy (non-hydrogen) atoms. The van der Waals surface area contributed by atoms with Gasteiger partial charge < -0.3 is 10.2 Å². The van der Waals surface area contributed by atoms with E-state index < -0.39 is 0 Å². The third-order valence-electron chi connectivity index (χ3n) is 1.49. The standard InChI is InChI=1S/C9H18O2/c1-3-5-8(10)7-9(11)6-4-2/h10-11H,3-7H2,1-2H3. The van der Waals surface area contributed by atoms with Gasteiger partial charge in [0.05, 0.1) is 12.2 Å². The molecule has 0 atom stereocenters. The Bertz CT molecular complexity index is 73.6. The van der Waals surface area contributed by atoms with Gasteiger partial charge in [0.15, 0.2) is 0 Å². The van der Waals surface area contributed by atoms with E-state index in [1.807, 2.05) is 13.8 Å². The lowest BCUT2D eigenvalue weighted by atomic mass is 10.0. The zero-order chi connectivity index (χ0) is 8.69. The second-order valence-electron chi connectivity index (χ2n) is 2.81. The van der Waals surface area contributed by atoms with E-state index in [0.29, 0.717) is 31.5 Å². The van der Waals surface area contributed by atoms with Gasteiger partial charge in [-0.15, -0.1) is 0 Å². The van der Waals surface area contributed by atoms with Crippen molar-refractivity contribution in [2.45, 2.75) is 46.0 Å². The molecule has 0 saturated carbocycles. The molecule has 0 fully saturated rings. The molecule has 66 valence electrons. The molecule has 0 bridgehead atoms. The summed E-state index contributed by atoms with van der Waals surface area (Å²) in [6.45, 7) is 4.01. The lowest BCUT2D eigenvalue weighted by Crippen LogP contribution is -2.03. The summed E-state index contributed by atoms with van der Waals surface area (Å²) in [4.78, 5) is 0. The summed E-state index contributed by atoms with van der Waals surface area (Å²) in [6, 6.07) is 0. The molecule has 0 heterocycles. The van der Waals surface area contributed by atoms with Crippen LogP contribution in [-0.4, -0.2) is 10.2 Å². The third kappa shape index (κ3) is 6.32. The third-order valence-corrected chi connectivity index (χ3v) is 1.49. The fraction of sp³-hybridized carbons (Fsp3) is 0.778. The van der Waals surface area contributed by atoms with Crippen LogP contribution in [0.5, 0.6) is 0 Å². The molecular formula is C9H18O2. The Hall–Kier alpha value is -0.0800. The van der Waals surface area contributed by atoms with Gasteiger partial charge in [-0.25, -0.2) is 0 Å². The molecule has 2 N–H and O–H groups in total. The highest BCUT2D eigenvalue weighted by Gasteiger charge is 2.11. The van der Waals surface area contributed by atoms with Gasteiger partial charge in [-0.2, -0.15) is 0 Å². The number of aliphatic hydroxyl groups excluding tert-OH is 2. The van der Waals surface area contributed by atoms with E-state index in [1.165, 1.54) is 0 Å². The zero-order valence-corrected chi connectivity index (χ0v) is 7.43. The lowest BCUT2D eigenvalue weighted by molar-refractivity contribution is 0.203. The minimum atomic E-state index is 0.377. The molecular weight excluding hydrogens is 140 g/mol. The largest absolute Gasteiger partial charge is 0.387 e. The predicted molar refractivity (Wildman–Crippen MR) is 44.8 cm³/mol. The Morgan fingerprint density at radius 1 is 0.909 bits per heavy atom. The van der Waals surface area contributed by atoms with Gasteiger partial charge in [0.25, 0.3) is 0 Å². The van der Waals surface area contributed by atoms with E-state index in [9.17, 15) is 10.2 Å². The number of rotatable bonds is 6. The Kier molecular flexibility index (Phi) is 6.57. The number of aliphatic hydroxyl groups is 2. The van der Waals surface area contributed by atoms with E-state index >= 15 is 0 Å². The van der Waals surface area contributed by atoms with Crippen molar-refractivity contribution in [2.75, 3.05) is 0 Å². The summed E-state index contributed by atoms with van der Waals surface area (Å²) >= 11 is 0. The zero-order valence-electron chi connectivity index (χ0n) is 7.43. The molecule has 0 unspecified atom stereocenters. The summed E-state index contributed by atoms with van der Waals surface area (Å²) in [5.41, 5.74) is 0. The highest BCUT2D eigenvalue weighted by atomic mass is 16.3. The first kappa shape index (κ1) is 10.9. The SMILES string of the molecule is CCC[C](O)C[C](O)CCC. The Morgan fingerprint density at radius 2 is 1.27 bits per heavy atom. The van der Waals surface area contributed by atoms with Crippen LogP contribution in [0.1, 0.15) is 46.0 Å². The molecule has 0 rings (SSSR count). The van der Waals surface area contributed by atoms with Crippen LogP contribution in [0.25, 0.3) is 0 Å². The minimum Gasteiger partial charge on any atom is -0.387 e. The summed E-state index contributed by atoms with van der Waals surface area (Å²) in [5, 5.41) is 18.4. The number of hydrogen-bond donors (Lipinski definition) is 2. The van der Waals surface area contributed by atoms with Crippen molar-refractivity contribution in [3.05, 3.63) is 12.2 Å². The molecule has 0 spiro atoms. The van der Waals surface area contributed by atoms with Gasteiger partial charge in [0, 0.05) is 6.42 Å². The maximum Gasteiger partial charge on any atom is 0.0962 e. The van der Waals surface area contributed by atoms with Gasteiger partial charge in [-0.1, -0.05) is 26.7 Å². The van der Waals surface area contributed by atoms with Crippen LogP contribution in [-0.2, 0) is 0 Å². The van der Waals surface area contributed by atoms with Crippen LogP contribution in [0.15, 0.2) is 0 Å². The monoisotopic (exact) mass is 158 g/mol. The minimum absolute atomic E-state index is 0.377. The molecule has 2 heteroatoms. The molecule has 0 aromatic heterocycles. The van der Waals surface area contributed by atoms with Crippen molar-refractivity contribution in [3.8, 4) is 0 Å². The molecule has 2 radical (unpaired) electrons. The van der Waals surface area contributed by atoms with Gasteiger partial charge in [-0.05, 0) is 12.8 Å². The van der Waals surface area contributed by atoms with Crippen molar-refractivity contribution >= 4 is 0 Å². The quantitative estimate of drug-likeness (QED) is 0.624. The van der Waals surface area contributed by atoms with Crippen LogP contribution in [0.3, 0.4) is 0 Å². The topological polar surface area (TPSA) is 40.5 Å². The smallest absolute Gasteiger partial charge is 0.0962 e. The lowest BCUT2D eigenvalue weighted by Gasteiger charge is -2.11. The Morgan fingerprint density at radius 3 is 1.55 bits per heavy atom. The molecule has 0 aliphatic rings. The van der Waals surface area contributed by atoms with Crippen molar-refractivity contribution in [1.29, 1.82) is 0 Å². The molecule has 0 aliphatic heterocycles. The van der Waals surface area contributed by atoms with Gasteiger partial charge in [0.2, 0.25) is 0 Å². The van der Waals surface area contributed by atoms with E-state index in [-0.39, 0.29) is 0 Å². The Balaban J connectivity index is 3.32. The molecule has 0 amide bonds. The fourth-order valence-electron chi connectivity index (χ4n) is 0.989. The van der Waals surface area contributed by atoms with E-state index in [1.54, 1.807) is 0 Å². The predicted octanol–water partition coefficient (Wildman–Crippen LogP) is 2.79. The van der Waals surface area contributed by atoms with Gasteiger partial charge in [-0.3, -0.25) is 0 Å². The molecule has 2 nitrogen and oxygen atoms in total. The summed E-state index contributed by atoms with van der Waals surface area (Å²) < 4.78 is 0. The van der Waals surface area contributed by atoms with Crippen molar-refractivity contribution in [2.24, 2.45) is 0 Å². The molecule has 0 aliphatic carbocycles. The van der Waals surface area contributed by atoms with Crippen LogP contribution < -0.4 is 0 Å². The maximum atomic E-state index is 9.18. The average molecular weight is 158 g/mol. The first-order valence-corrected chi connectivity index (χ1v) is 4.28. The summed E-state index contributed by atoms with van der Waals surface area (Å²) in [6.07, 6.45) is 4.46. The number of hydrogen-bond acceptors (Lipinski definition) is 2. The van der Waals surface area contributed by atoms with Crippen LogP contribution >= 0.6 is 0 Å². The van der Waals surface area contributed by atoms with E-state index in [0.717, 1.165) is 12.8 Å². The second-order valence-corrected chi connectivity index (χ2v) is 2.81. The van der Waals surface area contributed by atoms with E-state index in [2.05, 4.69) is 0 Å².